The van der Waals surface area contributed by atoms with Gasteiger partial charge in [-0.05, 0) is 24.3 Å². The van der Waals surface area contributed by atoms with Crippen LogP contribution in [-0.4, -0.2) is 38.3 Å². The van der Waals surface area contributed by atoms with Crippen molar-refractivity contribution in [3.63, 3.8) is 0 Å². The van der Waals surface area contributed by atoms with Crippen LogP contribution >= 0.6 is 11.6 Å². The Morgan fingerprint density at radius 3 is 2.36 bits per heavy atom. The molecule has 3 aromatic rings. The van der Waals surface area contributed by atoms with Crippen LogP contribution in [0.5, 0.6) is 17.2 Å². The molecule has 0 saturated carbocycles. The van der Waals surface area contributed by atoms with E-state index in [1.165, 1.54) is 7.11 Å². The van der Waals surface area contributed by atoms with Gasteiger partial charge >= 0.3 is 0 Å². The molecule has 1 heterocycles. The molecule has 0 radical (unpaired) electrons. The van der Waals surface area contributed by atoms with Crippen molar-refractivity contribution in [1.82, 2.24) is 9.97 Å². The van der Waals surface area contributed by atoms with Crippen molar-refractivity contribution in [2.75, 3.05) is 28.4 Å². The quantitative estimate of drug-likeness (QED) is 0.628. The summed E-state index contributed by atoms with van der Waals surface area (Å²) in [6.45, 7) is 1.19. The Labute approximate surface area is 167 Å². The number of nitrogens with zero attached hydrogens (tertiary/aromatic N) is 1. The lowest BCUT2D eigenvalue weighted by Gasteiger charge is -2.16. The fourth-order valence-electron chi connectivity index (χ4n) is 3.16. The highest BCUT2D eigenvalue weighted by Crippen LogP contribution is 2.29. The molecular formula is C20H23ClN3O4+. The van der Waals surface area contributed by atoms with Crippen LogP contribution in [0.25, 0.3) is 10.9 Å². The summed E-state index contributed by atoms with van der Waals surface area (Å²) >= 11 is 6.11. The Bertz CT molecular complexity index is 1050. The van der Waals surface area contributed by atoms with Gasteiger partial charge in [0.05, 0.1) is 39.3 Å². The summed E-state index contributed by atoms with van der Waals surface area (Å²) in [7, 11) is 6.72. The first kappa shape index (κ1) is 20.0. The zero-order chi connectivity index (χ0) is 20.3. The van der Waals surface area contributed by atoms with E-state index < -0.39 is 0 Å². The van der Waals surface area contributed by atoms with E-state index in [0.29, 0.717) is 46.3 Å². The fraction of sp³-hybridized carbons (Fsp3) is 0.300. The van der Waals surface area contributed by atoms with Crippen molar-refractivity contribution >= 4 is 22.5 Å². The largest absolute Gasteiger partial charge is 0.496 e. The van der Waals surface area contributed by atoms with Crippen LogP contribution in [0.4, 0.5) is 0 Å². The van der Waals surface area contributed by atoms with Gasteiger partial charge < -0.3 is 24.1 Å². The molecule has 7 nitrogen and oxygen atoms in total. The second-order valence-corrected chi connectivity index (χ2v) is 6.94. The molecule has 0 aliphatic heterocycles. The van der Waals surface area contributed by atoms with E-state index in [9.17, 15) is 4.79 Å². The molecule has 0 saturated heterocycles. The third-order valence-corrected chi connectivity index (χ3v) is 4.70. The van der Waals surface area contributed by atoms with Gasteiger partial charge in [-0.1, -0.05) is 11.6 Å². The molecule has 0 aliphatic carbocycles. The van der Waals surface area contributed by atoms with Crippen LogP contribution in [0.2, 0.25) is 5.02 Å². The second kappa shape index (κ2) is 8.50. The minimum absolute atomic E-state index is 0.214. The van der Waals surface area contributed by atoms with E-state index in [4.69, 9.17) is 25.8 Å². The highest BCUT2D eigenvalue weighted by atomic mass is 35.5. The van der Waals surface area contributed by atoms with Crippen molar-refractivity contribution in [3.8, 4) is 17.2 Å². The lowest BCUT2D eigenvalue weighted by molar-refractivity contribution is -0.908. The van der Waals surface area contributed by atoms with E-state index in [1.54, 1.807) is 32.4 Å². The Morgan fingerprint density at radius 1 is 1.00 bits per heavy atom. The second-order valence-electron chi connectivity index (χ2n) is 6.50. The van der Waals surface area contributed by atoms with Crippen LogP contribution in [0.3, 0.4) is 0 Å². The molecule has 2 aromatic carbocycles. The number of methoxy groups -OCH3 is 3. The highest BCUT2D eigenvalue weighted by molar-refractivity contribution is 6.30. The molecule has 0 fully saturated rings. The number of hydrogen-bond donors (Lipinski definition) is 2. The van der Waals surface area contributed by atoms with Gasteiger partial charge in [-0.3, -0.25) is 4.79 Å². The van der Waals surface area contributed by atoms with Gasteiger partial charge in [0.1, 0.15) is 18.8 Å². The average molecular weight is 405 g/mol. The summed E-state index contributed by atoms with van der Waals surface area (Å²) in [5.41, 5.74) is 1.33. The molecule has 2 N–H and O–H groups in total. The number of aromatic amines is 1. The number of quaternary nitrogens is 1. The number of aromatic nitrogens is 2. The first-order valence-corrected chi connectivity index (χ1v) is 9.11. The minimum atomic E-state index is -0.214. The molecule has 8 heteroatoms. The summed E-state index contributed by atoms with van der Waals surface area (Å²) in [5.74, 6) is 2.39. The van der Waals surface area contributed by atoms with Gasteiger partial charge in [-0.15, -0.1) is 0 Å². The number of nitrogens with one attached hydrogen (secondary N) is 2. The van der Waals surface area contributed by atoms with E-state index in [-0.39, 0.29) is 5.56 Å². The SMILES string of the molecule is COc1ccc(Cl)cc1C[NH+](C)Cc1nc2cc(OC)c(OC)cc2c(=O)[nH]1. The third-order valence-electron chi connectivity index (χ3n) is 4.46. The third kappa shape index (κ3) is 4.21. The Kier molecular flexibility index (Phi) is 6.06. The van der Waals surface area contributed by atoms with E-state index in [0.717, 1.165) is 16.2 Å². The molecule has 1 unspecified atom stereocenters. The summed E-state index contributed by atoms with van der Waals surface area (Å²) in [6.07, 6.45) is 0. The summed E-state index contributed by atoms with van der Waals surface area (Å²) in [4.78, 5) is 21.1. The Balaban J connectivity index is 1.88. The van der Waals surface area contributed by atoms with Gasteiger partial charge in [-0.2, -0.15) is 0 Å². The van der Waals surface area contributed by atoms with Crippen molar-refractivity contribution in [1.29, 1.82) is 0 Å². The van der Waals surface area contributed by atoms with Crippen LogP contribution in [0, 0.1) is 0 Å². The predicted molar refractivity (Wildman–Crippen MR) is 108 cm³/mol. The molecule has 0 spiro atoms. The summed E-state index contributed by atoms with van der Waals surface area (Å²) < 4.78 is 16.0. The van der Waals surface area contributed by atoms with E-state index in [1.807, 2.05) is 19.2 Å². The lowest BCUT2D eigenvalue weighted by atomic mass is 10.2. The zero-order valence-corrected chi connectivity index (χ0v) is 17.0. The van der Waals surface area contributed by atoms with Crippen molar-refractivity contribution in [3.05, 3.63) is 57.1 Å². The van der Waals surface area contributed by atoms with Crippen molar-refractivity contribution in [2.24, 2.45) is 0 Å². The first-order valence-electron chi connectivity index (χ1n) is 8.73. The number of ether oxygens (including phenoxy) is 3. The van der Waals surface area contributed by atoms with Gasteiger partial charge in [-0.25, -0.2) is 4.98 Å². The van der Waals surface area contributed by atoms with Crippen LogP contribution in [0.15, 0.2) is 35.1 Å². The minimum Gasteiger partial charge on any atom is -0.496 e. The van der Waals surface area contributed by atoms with Gasteiger partial charge in [0.2, 0.25) is 0 Å². The number of fused-ring (bicyclic) bond motifs is 1. The Hall–Kier alpha value is -2.77. The summed E-state index contributed by atoms with van der Waals surface area (Å²) in [5, 5.41) is 1.11. The van der Waals surface area contributed by atoms with E-state index >= 15 is 0 Å². The topological polar surface area (TPSA) is 77.9 Å². The molecule has 28 heavy (non-hydrogen) atoms. The molecule has 1 aromatic heterocycles. The molecule has 0 aliphatic rings. The highest BCUT2D eigenvalue weighted by Gasteiger charge is 2.15. The maximum absolute atomic E-state index is 12.5. The standard InChI is InChI=1S/C20H22ClN3O4/c1-24(10-12-7-13(21)5-6-16(12)26-2)11-19-22-15-9-18(28-4)17(27-3)8-14(15)20(25)23-19/h5-9H,10-11H2,1-4H3,(H,22,23,25)/p+1. The predicted octanol–water partition coefficient (Wildman–Crippen LogP) is 1.82. The normalized spacial score (nSPS) is 12.0. The maximum Gasteiger partial charge on any atom is 0.259 e. The smallest absolute Gasteiger partial charge is 0.259 e. The van der Waals surface area contributed by atoms with Gasteiger partial charge in [0.15, 0.2) is 17.3 Å². The molecule has 0 bridgehead atoms. The Morgan fingerprint density at radius 2 is 1.68 bits per heavy atom. The number of H-pyrrole nitrogens is 1. The van der Waals surface area contributed by atoms with Crippen LogP contribution in [-0.2, 0) is 13.1 Å². The van der Waals surface area contributed by atoms with Crippen LogP contribution < -0.4 is 24.7 Å². The molecule has 0 amide bonds. The number of halogens is 1. The van der Waals surface area contributed by atoms with Crippen molar-refractivity contribution in [2.45, 2.75) is 13.1 Å². The van der Waals surface area contributed by atoms with Crippen LogP contribution in [0.1, 0.15) is 11.4 Å². The first-order chi connectivity index (χ1) is 13.4. The lowest BCUT2D eigenvalue weighted by Crippen LogP contribution is -3.06. The molecular weight excluding hydrogens is 382 g/mol. The fourth-order valence-corrected chi connectivity index (χ4v) is 3.35. The molecule has 148 valence electrons. The summed E-state index contributed by atoms with van der Waals surface area (Å²) in [6, 6.07) is 8.88. The van der Waals surface area contributed by atoms with E-state index in [2.05, 4.69) is 9.97 Å². The number of benzene rings is 2. The maximum atomic E-state index is 12.5. The number of rotatable bonds is 7. The van der Waals surface area contributed by atoms with Gasteiger partial charge in [0, 0.05) is 16.7 Å². The molecule has 1 atom stereocenters. The van der Waals surface area contributed by atoms with Crippen molar-refractivity contribution < 1.29 is 19.1 Å². The monoisotopic (exact) mass is 404 g/mol. The average Bonchev–Trinajstić information content (AvgIpc) is 2.67. The zero-order valence-electron chi connectivity index (χ0n) is 16.3. The molecule has 3 rings (SSSR count). The van der Waals surface area contributed by atoms with Gasteiger partial charge in [0.25, 0.3) is 5.56 Å². The number of hydrogen-bond acceptors (Lipinski definition) is 5.